The van der Waals surface area contributed by atoms with Gasteiger partial charge in [-0.1, -0.05) is 41.6 Å². The first kappa shape index (κ1) is 14.9. The molecule has 112 valence electrons. The minimum absolute atomic E-state index is 0.0840. The fourth-order valence-corrected chi connectivity index (χ4v) is 3.12. The van der Waals surface area contributed by atoms with E-state index in [0.717, 1.165) is 16.2 Å². The molecule has 22 heavy (non-hydrogen) atoms. The van der Waals surface area contributed by atoms with E-state index in [1.807, 2.05) is 41.9 Å². The Balaban J connectivity index is 1.66. The number of aryl methyl sites for hydroxylation is 1. The van der Waals surface area contributed by atoms with Gasteiger partial charge in [0.2, 0.25) is 5.91 Å². The smallest absolute Gasteiger partial charge is 0.234 e. The number of amides is 1. The topological polar surface area (TPSA) is 46.9 Å². The number of para-hydroxylation sites is 2. The number of imidazole rings is 1. The van der Waals surface area contributed by atoms with Gasteiger partial charge in [-0.3, -0.25) is 4.79 Å². The molecule has 0 aliphatic heterocycles. The van der Waals surface area contributed by atoms with Crippen LogP contribution in [0.25, 0.3) is 11.0 Å². The Hall–Kier alpha value is -1.98. The first-order chi connectivity index (χ1) is 10.6. The quantitative estimate of drug-likeness (QED) is 0.736. The number of benzene rings is 2. The second kappa shape index (κ2) is 6.42. The van der Waals surface area contributed by atoms with Crippen LogP contribution in [0.15, 0.2) is 53.7 Å². The zero-order valence-electron chi connectivity index (χ0n) is 11.9. The van der Waals surface area contributed by atoms with Crippen LogP contribution in [0.3, 0.4) is 0 Å². The summed E-state index contributed by atoms with van der Waals surface area (Å²) in [6.45, 7) is 0. The molecule has 3 aromatic rings. The first-order valence-electron chi connectivity index (χ1n) is 6.73. The first-order valence-corrected chi connectivity index (χ1v) is 8.09. The predicted molar refractivity (Wildman–Crippen MR) is 91.5 cm³/mol. The zero-order valence-corrected chi connectivity index (χ0v) is 13.5. The van der Waals surface area contributed by atoms with Crippen molar-refractivity contribution in [2.75, 3.05) is 11.1 Å². The molecule has 1 N–H and O–H groups in total. The number of fused-ring (bicyclic) bond motifs is 1. The molecule has 0 spiro atoms. The van der Waals surface area contributed by atoms with Gasteiger partial charge in [-0.05, 0) is 30.3 Å². The van der Waals surface area contributed by atoms with Gasteiger partial charge < -0.3 is 9.88 Å². The summed E-state index contributed by atoms with van der Waals surface area (Å²) in [5.41, 5.74) is 2.69. The Morgan fingerprint density at radius 2 is 2.09 bits per heavy atom. The molecule has 2 aromatic carbocycles. The van der Waals surface area contributed by atoms with E-state index >= 15 is 0 Å². The molecule has 4 nitrogen and oxygen atoms in total. The minimum Gasteiger partial charge on any atom is -0.325 e. The van der Waals surface area contributed by atoms with Gasteiger partial charge in [0, 0.05) is 17.8 Å². The highest BCUT2D eigenvalue weighted by Gasteiger charge is 2.10. The van der Waals surface area contributed by atoms with Crippen molar-refractivity contribution >= 4 is 46.0 Å². The molecule has 0 fully saturated rings. The van der Waals surface area contributed by atoms with Crippen LogP contribution in [0.1, 0.15) is 0 Å². The highest BCUT2D eigenvalue weighted by atomic mass is 35.5. The number of halogens is 1. The fraction of sp³-hybridized carbons (Fsp3) is 0.125. The lowest BCUT2D eigenvalue weighted by Gasteiger charge is -2.05. The molecule has 0 unspecified atom stereocenters. The molecule has 0 saturated carbocycles. The Bertz CT molecular complexity index is 831. The Morgan fingerprint density at radius 3 is 2.86 bits per heavy atom. The molecular weight excluding hydrogens is 318 g/mol. The van der Waals surface area contributed by atoms with Crippen LogP contribution in [0.2, 0.25) is 5.02 Å². The summed E-state index contributed by atoms with van der Waals surface area (Å²) >= 11 is 7.31. The Morgan fingerprint density at radius 1 is 1.27 bits per heavy atom. The standard InChI is InChI=1S/C16H14ClN3OS/c1-20-14-8-3-2-7-13(14)19-16(20)22-10-15(21)18-12-6-4-5-11(17)9-12/h2-9H,10H2,1H3,(H,18,21). The average Bonchev–Trinajstić information content (AvgIpc) is 2.82. The Labute approximate surface area is 137 Å². The van der Waals surface area contributed by atoms with Crippen LogP contribution in [0, 0.1) is 0 Å². The summed E-state index contributed by atoms with van der Waals surface area (Å²) < 4.78 is 1.99. The van der Waals surface area contributed by atoms with E-state index in [0.29, 0.717) is 16.5 Å². The number of carbonyl (C=O) groups is 1. The number of anilines is 1. The third-order valence-electron chi connectivity index (χ3n) is 3.19. The summed E-state index contributed by atoms with van der Waals surface area (Å²) in [6, 6.07) is 15.0. The summed E-state index contributed by atoms with van der Waals surface area (Å²) in [6.07, 6.45) is 0. The minimum atomic E-state index is -0.0840. The van der Waals surface area contributed by atoms with Crippen molar-refractivity contribution in [3.8, 4) is 0 Å². The summed E-state index contributed by atoms with van der Waals surface area (Å²) in [5.74, 6) is 0.211. The lowest BCUT2D eigenvalue weighted by atomic mass is 10.3. The van der Waals surface area contributed by atoms with Gasteiger partial charge in [-0.25, -0.2) is 4.98 Å². The second-order valence-electron chi connectivity index (χ2n) is 4.79. The largest absolute Gasteiger partial charge is 0.325 e. The van der Waals surface area contributed by atoms with Gasteiger partial charge in [0.25, 0.3) is 0 Å². The van der Waals surface area contributed by atoms with Gasteiger partial charge in [0.1, 0.15) is 0 Å². The van der Waals surface area contributed by atoms with E-state index in [2.05, 4.69) is 10.3 Å². The van der Waals surface area contributed by atoms with Crippen LogP contribution in [-0.4, -0.2) is 21.2 Å². The molecule has 0 bridgehead atoms. The molecule has 0 aliphatic rings. The molecule has 3 rings (SSSR count). The van der Waals surface area contributed by atoms with Crippen LogP contribution in [0.4, 0.5) is 5.69 Å². The molecule has 1 amide bonds. The third-order valence-corrected chi connectivity index (χ3v) is 4.45. The molecule has 0 radical (unpaired) electrons. The van der Waals surface area contributed by atoms with Gasteiger partial charge >= 0.3 is 0 Å². The van der Waals surface area contributed by atoms with Gasteiger partial charge in [-0.2, -0.15) is 0 Å². The normalized spacial score (nSPS) is 10.8. The number of thioether (sulfide) groups is 1. The number of hydrogen-bond donors (Lipinski definition) is 1. The van der Waals surface area contributed by atoms with E-state index in [9.17, 15) is 4.79 Å². The molecule has 0 aliphatic carbocycles. The number of nitrogens with one attached hydrogen (secondary N) is 1. The van der Waals surface area contributed by atoms with Crippen molar-refractivity contribution in [3.63, 3.8) is 0 Å². The van der Waals surface area contributed by atoms with Crippen molar-refractivity contribution in [2.24, 2.45) is 7.05 Å². The number of nitrogens with zero attached hydrogens (tertiary/aromatic N) is 2. The fourth-order valence-electron chi connectivity index (χ4n) is 2.15. The number of carbonyl (C=O) groups excluding carboxylic acids is 1. The van der Waals surface area contributed by atoms with Crippen molar-refractivity contribution in [2.45, 2.75) is 5.16 Å². The second-order valence-corrected chi connectivity index (χ2v) is 6.17. The summed E-state index contributed by atoms with van der Waals surface area (Å²) in [5, 5.41) is 4.24. The van der Waals surface area contributed by atoms with Gasteiger partial charge in [-0.15, -0.1) is 0 Å². The molecule has 1 heterocycles. The highest BCUT2D eigenvalue weighted by molar-refractivity contribution is 7.99. The van der Waals surface area contributed by atoms with Crippen molar-refractivity contribution in [1.82, 2.24) is 9.55 Å². The maximum Gasteiger partial charge on any atom is 0.234 e. The lowest BCUT2D eigenvalue weighted by Crippen LogP contribution is -2.14. The highest BCUT2D eigenvalue weighted by Crippen LogP contribution is 2.23. The monoisotopic (exact) mass is 331 g/mol. The molecular formula is C16H14ClN3OS. The van der Waals surface area contributed by atoms with E-state index in [1.54, 1.807) is 18.2 Å². The number of rotatable bonds is 4. The summed E-state index contributed by atoms with van der Waals surface area (Å²) in [7, 11) is 1.95. The molecule has 1 aromatic heterocycles. The average molecular weight is 332 g/mol. The van der Waals surface area contributed by atoms with Crippen LogP contribution >= 0.6 is 23.4 Å². The maximum atomic E-state index is 12.0. The van der Waals surface area contributed by atoms with E-state index in [1.165, 1.54) is 11.8 Å². The predicted octanol–water partition coefficient (Wildman–Crippen LogP) is 3.96. The van der Waals surface area contributed by atoms with Gasteiger partial charge in [0.05, 0.1) is 16.8 Å². The van der Waals surface area contributed by atoms with Crippen LogP contribution in [0.5, 0.6) is 0 Å². The van der Waals surface area contributed by atoms with Crippen molar-refractivity contribution in [1.29, 1.82) is 0 Å². The molecule has 0 saturated heterocycles. The van der Waals surface area contributed by atoms with Crippen LogP contribution in [-0.2, 0) is 11.8 Å². The number of hydrogen-bond acceptors (Lipinski definition) is 3. The third kappa shape index (κ3) is 3.26. The molecule has 0 atom stereocenters. The lowest BCUT2D eigenvalue weighted by molar-refractivity contribution is -0.113. The Kier molecular flexibility index (Phi) is 4.36. The van der Waals surface area contributed by atoms with E-state index in [4.69, 9.17) is 11.6 Å². The SMILES string of the molecule is Cn1c(SCC(=O)Nc2cccc(Cl)c2)nc2ccccc21. The van der Waals surface area contributed by atoms with Crippen LogP contribution < -0.4 is 5.32 Å². The van der Waals surface area contributed by atoms with Gasteiger partial charge in [0.15, 0.2) is 5.16 Å². The van der Waals surface area contributed by atoms with Crippen molar-refractivity contribution in [3.05, 3.63) is 53.6 Å². The maximum absolute atomic E-state index is 12.0. The van der Waals surface area contributed by atoms with E-state index in [-0.39, 0.29) is 5.91 Å². The number of aromatic nitrogens is 2. The zero-order chi connectivity index (χ0) is 15.5. The van der Waals surface area contributed by atoms with Crippen molar-refractivity contribution < 1.29 is 4.79 Å². The van der Waals surface area contributed by atoms with E-state index < -0.39 is 0 Å². The summed E-state index contributed by atoms with van der Waals surface area (Å²) in [4.78, 5) is 16.5. The molecule has 6 heteroatoms.